The lowest BCUT2D eigenvalue weighted by molar-refractivity contribution is 0.164. The van der Waals surface area contributed by atoms with Crippen molar-refractivity contribution in [3.05, 3.63) is 29.8 Å². The number of nitrogens with one attached hydrogen (secondary N) is 1. The molecule has 0 saturated heterocycles. The third kappa shape index (κ3) is 4.73. The van der Waals surface area contributed by atoms with E-state index in [0.717, 1.165) is 6.42 Å². The first-order chi connectivity index (χ1) is 8.85. The van der Waals surface area contributed by atoms with Gasteiger partial charge >= 0.3 is 6.09 Å². The number of hydrogen-bond donors (Lipinski definition) is 2. The number of carbonyl (C=O) groups is 1. The zero-order valence-corrected chi connectivity index (χ0v) is 12.2. The second-order valence-corrected chi connectivity index (χ2v) is 6.96. The fourth-order valence-electron chi connectivity index (χ4n) is 1.71. The highest BCUT2D eigenvalue weighted by Crippen LogP contribution is 2.39. The molecule has 3 N–H and O–H groups in total. The van der Waals surface area contributed by atoms with E-state index in [1.165, 1.54) is 5.56 Å². The molecular formula is C12H13Cl3N2O2. The minimum atomic E-state index is -1.61. The number of anilines is 1. The van der Waals surface area contributed by atoms with Gasteiger partial charge in [-0.3, -0.25) is 5.32 Å². The molecule has 0 aliphatic heterocycles. The fourth-order valence-corrected chi connectivity index (χ4v) is 1.88. The highest BCUT2D eigenvalue weighted by Gasteiger charge is 2.34. The van der Waals surface area contributed by atoms with Crippen molar-refractivity contribution in [3.63, 3.8) is 0 Å². The van der Waals surface area contributed by atoms with Crippen molar-refractivity contribution in [2.75, 3.05) is 11.9 Å². The van der Waals surface area contributed by atoms with Gasteiger partial charge in [0.1, 0.15) is 6.61 Å². The first-order valence-corrected chi connectivity index (χ1v) is 6.84. The molecule has 0 bridgehead atoms. The number of ether oxygens (including phenoxy) is 1. The van der Waals surface area contributed by atoms with Crippen LogP contribution in [-0.2, 0) is 4.74 Å². The highest BCUT2D eigenvalue weighted by molar-refractivity contribution is 6.67. The van der Waals surface area contributed by atoms with Crippen LogP contribution in [0.2, 0.25) is 0 Å². The Morgan fingerprint density at radius 2 is 1.95 bits per heavy atom. The van der Waals surface area contributed by atoms with Crippen LogP contribution in [0.1, 0.15) is 17.9 Å². The predicted octanol–water partition coefficient (Wildman–Crippen LogP) is 3.42. The molecule has 0 radical (unpaired) electrons. The number of halogens is 3. The average Bonchev–Trinajstić information content (AvgIpc) is 3.04. The number of carbonyl (C=O) groups excluding carboxylic acids is 1. The number of benzene rings is 1. The van der Waals surface area contributed by atoms with Gasteiger partial charge in [-0.25, -0.2) is 4.79 Å². The molecule has 1 aromatic rings. The third-order valence-corrected chi connectivity index (χ3v) is 3.12. The average molecular weight is 324 g/mol. The second kappa shape index (κ2) is 5.75. The lowest BCUT2D eigenvalue weighted by Gasteiger charge is -2.12. The summed E-state index contributed by atoms with van der Waals surface area (Å²) in [5, 5.41) is 2.54. The Balaban J connectivity index is 1.84. The van der Waals surface area contributed by atoms with Crippen LogP contribution in [-0.4, -0.2) is 22.5 Å². The summed E-state index contributed by atoms with van der Waals surface area (Å²) in [6.07, 6.45) is 0.347. The lowest BCUT2D eigenvalue weighted by Crippen LogP contribution is -2.21. The Bertz CT molecular complexity index is 459. The van der Waals surface area contributed by atoms with Gasteiger partial charge in [-0.1, -0.05) is 46.9 Å². The number of alkyl halides is 3. The van der Waals surface area contributed by atoms with Crippen molar-refractivity contribution in [3.8, 4) is 0 Å². The van der Waals surface area contributed by atoms with Gasteiger partial charge in [0, 0.05) is 17.6 Å². The fraction of sp³-hybridized carbons (Fsp3) is 0.417. The monoisotopic (exact) mass is 322 g/mol. The molecule has 0 unspecified atom stereocenters. The van der Waals surface area contributed by atoms with Crippen LogP contribution in [0.4, 0.5) is 10.5 Å². The van der Waals surface area contributed by atoms with Gasteiger partial charge in [-0.15, -0.1) is 0 Å². The molecule has 19 heavy (non-hydrogen) atoms. The molecule has 0 spiro atoms. The first-order valence-electron chi connectivity index (χ1n) is 5.71. The van der Waals surface area contributed by atoms with Gasteiger partial charge in [-0.2, -0.15) is 0 Å². The van der Waals surface area contributed by atoms with Crippen LogP contribution < -0.4 is 11.1 Å². The molecule has 7 heteroatoms. The molecule has 0 aromatic heterocycles. The molecular weight excluding hydrogens is 311 g/mol. The SMILES string of the molecule is N[C@@H]1C[C@H]1c1ccc(NC(=O)OCC(Cl)(Cl)Cl)cc1. The van der Waals surface area contributed by atoms with E-state index in [9.17, 15) is 4.79 Å². The van der Waals surface area contributed by atoms with E-state index in [-0.39, 0.29) is 12.6 Å². The van der Waals surface area contributed by atoms with E-state index in [1.54, 1.807) is 12.1 Å². The van der Waals surface area contributed by atoms with Crippen LogP contribution in [0, 0.1) is 0 Å². The maximum absolute atomic E-state index is 11.4. The van der Waals surface area contributed by atoms with Crippen molar-refractivity contribution in [2.24, 2.45) is 5.73 Å². The molecule has 104 valence electrons. The highest BCUT2D eigenvalue weighted by atomic mass is 35.6. The number of rotatable bonds is 3. The summed E-state index contributed by atoms with van der Waals surface area (Å²) >= 11 is 16.4. The maximum atomic E-state index is 11.4. The zero-order valence-electron chi connectivity index (χ0n) is 9.91. The van der Waals surface area contributed by atoms with Crippen molar-refractivity contribution in [1.82, 2.24) is 0 Å². The summed E-state index contributed by atoms with van der Waals surface area (Å²) < 4.78 is 3.14. The largest absolute Gasteiger partial charge is 0.445 e. The van der Waals surface area contributed by atoms with Crippen LogP contribution >= 0.6 is 34.8 Å². The van der Waals surface area contributed by atoms with Crippen molar-refractivity contribution in [2.45, 2.75) is 22.2 Å². The van der Waals surface area contributed by atoms with E-state index in [1.807, 2.05) is 12.1 Å². The molecule has 0 heterocycles. The van der Waals surface area contributed by atoms with E-state index >= 15 is 0 Å². The third-order valence-electron chi connectivity index (χ3n) is 2.79. The molecule has 1 aromatic carbocycles. The smallest absolute Gasteiger partial charge is 0.411 e. The Labute approximate surface area is 126 Å². The summed E-state index contributed by atoms with van der Waals surface area (Å²) in [7, 11) is 0. The van der Waals surface area contributed by atoms with E-state index in [4.69, 9.17) is 45.3 Å². The molecule has 1 fully saturated rings. The standard InChI is InChI=1S/C12H13Cl3N2O2/c13-12(14,15)6-19-11(18)17-8-3-1-7(2-4-8)9-5-10(9)16/h1-4,9-10H,5-6,16H2,(H,17,18)/t9-,10+/m0/s1. The van der Waals surface area contributed by atoms with Crippen molar-refractivity contribution in [1.29, 1.82) is 0 Å². The summed E-state index contributed by atoms with van der Waals surface area (Å²) in [4.78, 5) is 11.4. The number of hydrogen-bond acceptors (Lipinski definition) is 3. The van der Waals surface area contributed by atoms with E-state index in [0.29, 0.717) is 11.6 Å². The summed E-state index contributed by atoms with van der Waals surface area (Å²) in [6, 6.07) is 7.70. The van der Waals surface area contributed by atoms with Crippen LogP contribution in [0.15, 0.2) is 24.3 Å². The normalized spacial score (nSPS) is 21.9. The number of amides is 1. The van der Waals surface area contributed by atoms with Gasteiger partial charge in [-0.05, 0) is 24.1 Å². The second-order valence-electron chi connectivity index (χ2n) is 4.44. The minimum Gasteiger partial charge on any atom is -0.445 e. The maximum Gasteiger partial charge on any atom is 0.411 e. The van der Waals surface area contributed by atoms with E-state index in [2.05, 4.69) is 5.32 Å². The number of nitrogens with two attached hydrogens (primary N) is 1. The molecule has 4 nitrogen and oxygen atoms in total. The Hall–Kier alpha value is -0.680. The Kier molecular flexibility index (Phi) is 4.46. The van der Waals surface area contributed by atoms with Crippen LogP contribution in [0.3, 0.4) is 0 Å². The van der Waals surface area contributed by atoms with Gasteiger partial charge in [0.15, 0.2) is 0 Å². The lowest BCUT2D eigenvalue weighted by atomic mass is 10.1. The van der Waals surface area contributed by atoms with E-state index < -0.39 is 9.89 Å². The van der Waals surface area contributed by atoms with Crippen LogP contribution in [0.5, 0.6) is 0 Å². The van der Waals surface area contributed by atoms with Crippen molar-refractivity contribution < 1.29 is 9.53 Å². The summed E-state index contributed by atoms with van der Waals surface area (Å²) in [5.41, 5.74) is 7.56. The van der Waals surface area contributed by atoms with Crippen molar-refractivity contribution >= 4 is 46.6 Å². The minimum absolute atomic E-state index is 0.257. The van der Waals surface area contributed by atoms with Crippen LogP contribution in [0.25, 0.3) is 0 Å². The zero-order chi connectivity index (χ0) is 14.0. The molecule has 1 aliphatic carbocycles. The first kappa shape index (κ1) is 14.7. The molecule has 1 aliphatic rings. The molecule has 2 atom stereocenters. The quantitative estimate of drug-likeness (QED) is 0.838. The van der Waals surface area contributed by atoms with Gasteiger partial charge in [0.05, 0.1) is 0 Å². The van der Waals surface area contributed by atoms with Gasteiger partial charge in [0.25, 0.3) is 0 Å². The molecule has 1 saturated carbocycles. The van der Waals surface area contributed by atoms with Gasteiger partial charge in [0.2, 0.25) is 3.79 Å². The Morgan fingerprint density at radius 1 is 1.37 bits per heavy atom. The summed E-state index contributed by atoms with van der Waals surface area (Å²) in [5.74, 6) is 0.436. The molecule has 2 rings (SSSR count). The van der Waals surface area contributed by atoms with Gasteiger partial charge < -0.3 is 10.5 Å². The Morgan fingerprint density at radius 3 is 2.42 bits per heavy atom. The molecule has 1 amide bonds. The predicted molar refractivity (Wildman–Crippen MR) is 77.0 cm³/mol. The summed E-state index contributed by atoms with van der Waals surface area (Å²) in [6.45, 7) is -0.307. The topological polar surface area (TPSA) is 64.3 Å².